The first-order valence-corrected chi connectivity index (χ1v) is 5.58. The van der Waals surface area contributed by atoms with Gasteiger partial charge in [0, 0.05) is 13.8 Å². The molecule has 2 rings (SSSR count). The number of nitrogens with zero attached hydrogens (tertiary/aromatic N) is 1. The van der Waals surface area contributed by atoms with Crippen LogP contribution in [0.25, 0.3) is 12.2 Å². The Balaban J connectivity index is 0.00000180. The van der Waals surface area contributed by atoms with Crippen LogP contribution < -0.4 is 17.1 Å². The van der Waals surface area contributed by atoms with Crippen LogP contribution in [-0.4, -0.2) is 11.0 Å². The van der Waals surface area contributed by atoms with Crippen LogP contribution in [0, 0.1) is 6.92 Å². The molecule has 1 heterocycles. The van der Waals surface area contributed by atoms with E-state index in [4.69, 9.17) is 4.42 Å². The molecule has 2 aromatic rings. The zero-order valence-corrected chi connectivity index (χ0v) is 11.4. The van der Waals surface area contributed by atoms with Crippen LogP contribution in [0.1, 0.15) is 34.6 Å². The third-order valence-corrected chi connectivity index (χ3v) is 2.56. The Labute approximate surface area is 117 Å². The Hall–Kier alpha value is -2.07. The predicted octanol–water partition coefficient (Wildman–Crippen LogP) is -0.510. The van der Waals surface area contributed by atoms with E-state index in [-0.39, 0.29) is 29.8 Å². The van der Waals surface area contributed by atoms with Gasteiger partial charge in [-0.15, -0.1) is 0 Å². The van der Waals surface area contributed by atoms with Crippen molar-refractivity contribution in [3.63, 3.8) is 0 Å². The normalized spacial score (nSPS) is 10.4. The zero-order chi connectivity index (χ0) is 13.1. The maximum Gasteiger partial charge on any atom is 0.423 e. The summed E-state index contributed by atoms with van der Waals surface area (Å²) >= 11 is 0. The molecule has 0 amide bonds. The number of ketones is 1. The van der Waals surface area contributed by atoms with Crippen molar-refractivity contribution in [2.45, 2.75) is 13.8 Å². The fourth-order valence-corrected chi connectivity index (χ4v) is 1.74. The van der Waals surface area contributed by atoms with Crippen molar-refractivity contribution in [3.05, 3.63) is 53.2 Å². The third kappa shape index (κ3) is 3.23. The number of oxazole rings is 1. The summed E-state index contributed by atoms with van der Waals surface area (Å²) in [6.07, 6.45) is 3.42. The number of benzene rings is 1. The lowest BCUT2D eigenvalue weighted by Gasteiger charge is -1.88. The van der Waals surface area contributed by atoms with Crippen molar-refractivity contribution >= 4 is 17.9 Å². The summed E-state index contributed by atoms with van der Waals surface area (Å²) < 4.78 is 6.11. The van der Waals surface area contributed by atoms with Gasteiger partial charge in [-0.1, -0.05) is 30.3 Å². The molecule has 1 N–H and O–H groups in total. The van der Waals surface area contributed by atoms with Crippen molar-refractivity contribution in [3.8, 4) is 0 Å². The maximum atomic E-state index is 11.3. The topological polar surface area (TPSA) is 54.3 Å². The van der Waals surface area contributed by atoms with Crippen LogP contribution in [0.5, 0.6) is 0 Å². The summed E-state index contributed by atoms with van der Waals surface area (Å²) in [6, 6.07) is 9.62. The van der Waals surface area contributed by atoms with Crippen LogP contribution in [0.15, 0.2) is 34.7 Å². The van der Waals surface area contributed by atoms with Gasteiger partial charge in [-0.25, -0.2) is 0 Å². The van der Waals surface area contributed by atoms with Gasteiger partial charge in [0.1, 0.15) is 0 Å². The molecule has 1 aromatic heterocycles. The van der Waals surface area contributed by atoms with Gasteiger partial charge < -0.3 is 16.8 Å². The Bertz CT molecular complexity index is 603. The highest BCUT2D eigenvalue weighted by molar-refractivity contribution is 5.91. The second-order valence-electron chi connectivity index (χ2n) is 3.96. The molecule has 0 aliphatic carbocycles. The van der Waals surface area contributed by atoms with Crippen LogP contribution in [0.3, 0.4) is 0 Å². The number of Topliss-reactive ketones (excluding diaryl/α,β-unsaturated/α-hetero) is 1. The first-order valence-electron chi connectivity index (χ1n) is 5.58. The van der Waals surface area contributed by atoms with Gasteiger partial charge in [-0.3, -0.25) is 10.0 Å². The van der Waals surface area contributed by atoms with Crippen LogP contribution in [0.4, 0.5) is 0 Å². The van der Waals surface area contributed by atoms with Gasteiger partial charge in [0.2, 0.25) is 5.78 Å². The van der Waals surface area contributed by atoms with Gasteiger partial charge in [0.05, 0.1) is 10.8 Å². The lowest BCUT2D eigenvalue weighted by Crippen LogP contribution is -3.00. The third-order valence-electron chi connectivity index (χ3n) is 2.56. The molecular weight excluding hydrogens is 266 g/mol. The predicted molar refractivity (Wildman–Crippen MR) is 66.2 cm³/mol. The zero-order valence-electron chi connectivity index (χ0n) is 10.6. The quantitative estimate of drug-likeness (QED) is 0.468. The number of hydrogen-bond acceptors (Lipinski definition) is 3. The summed E-state index contributed by atoms with van der Waals surface area (Å²) in [5.41, 5.74) is 1.15. The van der Waals surface area contributed by atoms with Gasteiger partial charge >= 0.3 is 11.6 Å². The number of halogens is 1. The lowest BCUT2D eigenvalue weighted by molar-refractivity contribution is -0.908. The molecule has 0 aliphatic heterocycles. The monoisotopic (exact) mass is 279 g/mol. The standard InChI is InChI=1S/C14H14NO3.ClH/c1-10(16)14-11(2)18-13(15(14)17)9-8-12-6-4-3-5-7-12;/h3-9,17H,1-2H3;1H/q+1;/p-1/b9-8+;. The number of aryl methyl sites for hydroxylation is 1. The summed E-state index contributed by atoms with van der Waals surface area (Å²) in [6.45, 7) is 3.03. The van der Waals surface area contributed by atoms with Gasteiger partial charge in [-0.05, 0) is 11.6 Å². The molecule has 0 saturated heterocycles. The Kier molecular flexibility index (Phi) is 4.89. The highest BCUT2D eigenvalue weighted by atomic mass is 35.5. The van der Waals surface area contributed by atoms with E-state index in [1.54, 1.807) is 19.1 Å². The van der Waals surface area contributed by atoms with Crippen molar-refractivity contribution in [2.24, 2.45) is 0 Å². The van der Waals surface area contributed by atoms with E-state index in [0.717, 1.165) is 10.3 Å². The van der Waals surface area contributed by atoms with E-state index < -0.39 is 0 Å². The van der Waals surface area contributed by atoms with E-state index in [1.165, 1.54) is 6.92 Å². The second kappa shape index (κ2) is 6.20. The summed E-state index contributed by atoms with van der Waals surface area (Å²) in [5, 5.41) is 9.81. The Morgan fingerprint density at radius 3 is 2.42 bits per heavy atom. The maximum absolute atomic E-state index is 11.3. The molecule has 0 fully saturated rings. The number of aromatic nitrogens is 1. The number of carbonyl (C=O) groups is 1. The van der Waals surface area contributed by atoms with Crippen molar-refractivity contribution in [1.82, 2.24) is 0 Å². The van der Waals surface area contributed by atoms with E-state index >= 15 is 0 Å². The van der Waals surface area contributed by atoms with Crippen molar-refractivity contribution in [1.29, 1.82) is 0 Å². The minimum Gasteiger partial charge on any atom is -1.00 e. The molecule has 0 atom stereocenters. The van der Waals surface area contributed by atoms with Crippen molar-refractivity contribution < 1.29 is 31.6 Å². The molecular formula is C14H14ClNO3. The summed E-state index contributed by atoms with van der Waals surface area (Å²) in [5.74, 6) is 0.386. The average molecular weight is 280 g/mol. The molecule has 0 spiro atoms. The number of hydrogen-bond donors (Lipinski definition) is 1. The molecule has 0 unspecified atom stereocenters. The first kappa shape index (κ1) is 15.0. The van der Waals surface area contributed by atoms with E-state index in [1.807, 2.05) is 30.3 Å². The fraction of sp³-hybridized carbons (Fsp3) is 0.143. The SMILES string of the molecule is CC(=O)c1c(C)oc(/C=C/c2ccccc2)[n+]1O.[Cl-]. The molecule has 100 valence electrons. The molecule has 0 aliphatic rings. The smallest absolute Gasteiger partial charge is 0.423 e. The van der Waals surface area contributed by atoms with E-state index in [0.29, 0.717) is 5.76 Å². The minimum atomic E-state index is -0.238. The summed E-state index contributed by atoms with van der Waals surface area (Å²) in [4.78, 5) is 11.3. The minimum absolute atomic E-state index is 0. The van der Waals surface area contributed by atoms with E-state index in [2.05, 4.69) is 0 Å². The lowest BCUT2D eigenvalue weighted by atomic mass is 10.2. The number of carbonyl (C=O) groups excluding carboxylic acids is 1. The highest BCUT2D eigenvalue weighted by Crippen LogP contribution is 2.11. The van der Waals surface area contributed by atoms with E-state index in [9.17, 15) is 10.0 Å². The average Bonchev–Trinajstić information content (AvgIpc) is 2.63. The van der Waals surface area contributed by atoms with Crippen molar-refractivity contribution in [2.75, 3.05) is 0 Å². The second-order valence-corrected chi connectivity index (χ2v) is 3.96. The van der Waals surface area contributed by atoms with Crippen LogP contribution in [-0.2, 0) is 0 Å². The Morgan fingerprint density at radius 2 is 1.89 bits per heavy atom. The first-order chi connectivity index (χ1) is 8.59. The molecule has 4 nitrogen and oxygen atoms in total. The molecule has 5 heteroatoms. The Morgan fingerprint density at radius 1 is 1.26 bits per heavy atom. The van der Waals surface area contributed by atoms with Gasteiger partial charge in [-0.2, -0.15) is 0 Å². The van der Waals surface area contributed by atoms with Gasteiger partial charge in [0.25, 0.3) is 0 Å². The largest absolute Gasteiger partial charge is 1.00 e. The van der Waals surface area contributed by atoms with Crippen LogP contribution in [0.2, 0.25) is 0 Å². The molecule has 1 aromatic carbocycles. The molecule has 19 heavy (non-hydrogen) atoms. The fourth-order valence-electron chi connectivity index (χ4n) is 1.74. The summed E-state index contributed by atoms with van der Waals surface area (Å²) in [7, 11) is 0. The highest BCUT2D eigenvalue weighted by Gasteiger charge is 2.28. The molecule has 0 saturated carbocycles. The molecule has 0 bridgehead atoms. The van der Waals surface area contributed by atoms with Gasteiger partial charge in [0.15, 0.2) is 5.76 Å². The number of rotatable bonds is 3. The van der Waals surface area contributed by atoms with Crippen LogP contribution >= 0.6 is 0 Å². The molecule has 0 radical (unpaired) electrons.